The number of aromatic nitrogens is 2. The van der Waals surface area contributed by atoms with Crippen LogP contribution >= 0.6 is 0 Å². The minimum atomic E-state index is -0.585. The van der Waals surface area contributed by atoms with Gasteiger partial charge in [-0.05, 0) is 40.5 Å². The van der Waals surface area contributed by atoms with Gasteiger partial charge in [0.2, 0.25) is 5.69 Å². The zero-order valence-corrected chi connectivity index (χ0v) is 13.6. The van der Waals surface area contributed by atoms with E-state index >= 15 is 0 Å². The summed E-state index contributed by atoms with van der Waals surface area (Å²) in [6.45, 7) is 8.32. The molecule has 1 fully saturated rings. The largest absolute Gasteiger partial charge is 0.348 e. The SMILES string of the molecule is Cn1cc([N+](=O)[O-])c(C(=O)NC2CC(C)(C)NC(C)(C)C2)n1. The average molecular weight is 309 g/mol. The van der Waals surface area contributed by atoms with Crippen LogP contribution in [0, 0.1) is 10.1 Å². The molecule has 0 saturated carbocycles. The molecular formula is C14H23N5O3. The van der Waals surface area contributed by atoms with Gasteiger partial charge < -0.3 is 10.6 Å². The summed E-state index contributed by atoms with van der Waals surface area (Å²) < 4.78 is 1.28. The maximum absolute atomic E-state index is 12.4. The second-order valence-electron chi connectivity index (χ2n) is 7.27. The van der Waals surface area contributed by atoms with Crippen molar-refractivity contribution < 1.29 is 9.72 Å². The Bertz CT molecular complexity index is 590. The van der Waals surface area contributed by atoms with Crippen molar-refractivity contribution in [1.29, 1.82) is 0 Å². The van der Waals surface area contributed by atoms with E-state index in [-0.39, 0.29) is 28.5 Å². The van der Waals surface area contributed by atoms with Crippen molar-refractivity contribution in [3.8, 4) is 0 Å². The number of aryl methyl sites for hydroxylation is 1. The van der Waals surface area contributed by atoms with Gasteiger partial charge in [0.05, 0.1) is 4.92 Å². The molecule has 0 aromatic carbocycles. The van der Waals surface area contributed by atoms with E-state index in [0.717, 1.165) is 12.8 Å². The van der Waals surface area contributed by atoms with Crippen LogP contribution in [0.4, 0.5) is 5.69 Å². The van der Waals surface area contributed by atoms with Crippen LogP contribution < -0.4 is 10.6 Å². The number of carbonyl (C=O) groups is 1. The topological polar surface area (TPSA) is 102 Å². The Morgan fingerprint density at radius 2 is 1.95 bits per heavy atom. The van der Waals surface area contributed by atoms with Crippen LogP contribution in [0.15, 0.2) is 6.20 Å². The van der Waals surface area contributed by atoms with E-state index in [1.54, 1.807) is 7.05 Å². The van der Waals surface area contributed by atoms with Crippen LogP contribution in [-0.4, -0.2) is 37.7 Å². The van der Waals surface area contributed by atoms with Crippen LogP contribution in [0.3, 0.4) is 0 Å². The standard InChI is InChI=1S/C14H23N5O3/c1-13(2)6-9(7-14(3,4)17-13)15-12(20)11-10(19(21)22)8-18(5)16-11/h8-9,17H,6-7H2,1-5H3,(H,15,20). The van der Waals surface area contributed by atoms with Gasteiger partial charge in [-0.3, -0.25) is 19.6 Å². The molecule has 8 nitrogen and oxygen atoms in total. The first-order valence-electron chi connectivity index (χ1n) is 7.27. The molecule has 0 spiro atoms. The van der Waals surface area contributed by atoms with Gasteiger partial charge in [-0.2, -0.15) is 5.10 Å². The Kier molecular flexibility index (Phi) is 3.99. The van der Waals surface area contributed by atoms with Gasteiger partial charge in [0.1, 0.15) is 6.20 Å². The molecule has 122 valence electrons. The minimum Gasteiger partial charge on any atom is -0.348 e. The van der Waals surface area contributed by atoms with Gasteiger partial charge in [-0.15, -0.1) is 0 Å². The molecule has 8 heteroatoms. The first-order valence-corrected chi connectivity index (χ1v) is 7.27. The van der Waals surface area contributed by atoms with E-state index < -0.39 is 10.8 Å². The Hall–Kier alpha value is -1.96. The number of amides is 1. The lowest BCUT2D eigenvalue weighted by Gasteiger charge is -2.46. The maximum Gasteiger partial charge on any atom is 0.320 e. The van der Waals surface area contributed by atoms with Crippen LogP contribution in [0.2, 0.25) is 0 Å². The molecule has 1 aromatic rings. The van der Waals surface area contributed by atoms with Gasteiger partial charge in [0, 0.05) is 24.2 Å². The number of piperidine rings is 1. The molecule has 22 heavy (non-hydrogen) atoms. The summed E-state index contributed by atoms with van der Waals surface area (Å²) in [5.41, 5.74) is -0.639. The molecule has 2 heterocycles. The molecule has 0 unspecified atom stereocenters. The second kappa shape index (κ2) is 5.35. The summed E-state index contributed by atoms with van der Waals surface area (Å²) in [6.07, 6.45) is 2.75. The Morgan fingerprint density at radius 1 is 1.41 bits per heavy atom. The number of carbonyl (C=O) groups excluding carboxylic acids is 1. The Balaban J connectivity index is 2.17. The molecule has 1 aliphatic rings. The summed E-state index contributed by atoms with van der Waals surface area (Å²) in [6, 6.07) is -0.0552. The lowest BCUT2D eigenvalue weighted by atomic mass is 9.79. The predicted molar refractivity (Wildman–Crippen MR) is 81.6 cm³/mol. The van der Waals surface area contributed by atoms with Gasteiger partial charge in [0.25, 0.3) is 5.91 Å². The summed E-state index contributed by atoms with van der Waals surface area (Å²) in [7, 11) is 1.56. The summed E-state index contributed by atoms with van der Waals surface area (Å²) in [5.74, 6) is -0.495. The highest BCUT2D eigenvalue weighted by Crippen LogP contribution is 2.29. The fourth-order valence-corrected chi connectivity index (χ4v) is 3.45. The highest BCUT2D eigenvalue weighted by Gasteiger charge is 2.39. The quantitative estimate of drug-likeness (QED) is 0.648. The van der Waals surface area contributed by atoms with Gasteiger partial charge in [-0.1, -0.05) is 0 Å². The minimum absolute atomic E-state index is 0.0552. The maximum atomic E-state index is 12.4. The molecule has 2 N–H and O–H groups in total. The van der Waals surface area contributed by atoms with Gasteiger partial charge >= 0.3 is 5.69 Å². The highest BCUT2D eigenvalue weighted by atomic mass is 16.6. The van der Waals surface area contributed by atoms with Crippen molar-refractivity contribution in [2.45, 2.75) is 57.7 Å². The van der Waals surface area contributed by atoms with Crippen LogP contribution in [0.25, 0.3) is 0 Å². The van der Waals surface area contributed by atoms with E-state index in [9.17, 15) is 14.9 Å². The fraction of sp³-hybridized carbons (Fsp3) is 0.714. The number of nitrogens with zero attached hydrogens (tertiary/aromatic N) is 3. The van der Waals surface area contributed by atoms with Crippen molar-refractivity contribution in [1.82, 2.24) is 20.4 Å². The third-order valence-electron chi connectivity index (χ3n) is 3.75. The van der Waals surface area contributed by atoms with Crippen molar-refractivity contribution in [3.63, 3.8) is 0 Å². The van der Waals surface area contributed by atoms with Crippen LogP contribution in [-0.2, 0) is 7.05 Å². The third-order valence-corrected chi connectivity index (χ3v) is 3.75. The lowest BCUT2D eigenvalue weighted by molar-refractivity contribution is -0.385. The molecular weight excluding hydrogens is 286 g/mol. The molecule has 2 rings (SSSR count). The Labute approximate surface area is 129 Å². The zero-order chi connectivity index (χ0) is 16.7. The smallest absolute Gasteiger partial charge is 0.320 e. The highest BCUT2D eigenvalue weighted by molar-refractivity contribution is 5.96. The molecule has 1 aromatic heterocycles. The molecule has 1 saturated heterocycles. The van der Waals surface area contributed by atoms with E-state index in [1.165, 1.54) is 10.9 Å². The van der Waals surface area contributed by atoms with Crippen molar-refractivity contribution in [3.05, 3.63) is 22.0 Å². The first-order chi connectivity index (χ1) is 9.99. The van der Waals surface area contributed by atoms with Crippen LogP contribution in [0.5, 0.6) is 0 Å². The summed E-state index contributed by atoms with van der Waals surface area (Å²) in [5, 5.41) is 21.3. The van der Waals surface area contributed by atoms with Gasteiger partial charge in [0.15, 0.2) is 0 Å². The number of rotatable bonds is 3. The Morgan fingerprint density at radius 3 is 2.45 bits per heavy atom. The predicted octanol–water partition coefficient (Wildman–Crippen LogP) is 1.37. The van der Waals surface area contributed by atoms with Gasteiger partial charge in [-0.25, -0.2) is 0 Å². The third kappa shape index (κ3) is 3.62. The number of nitro groups is 1. The number of hydrogen-bond donors (Lipinski definition) is 2. The second-order valence-corrected chi connectivity index (χ2v) is 7.27. The van der Waals surface area contributed by atoms with E-state index in [4.69, 9.17) is 0 Å². The average Bonchev–Trinajstić information content (AvgIpc) is 2.67. The van der Waals surface area contributed by atoms with Crippen molar-refractivity contribution >= 4 is 11.6 Å². The monoisotopic (exact) mass is 309 g/mol. The zero-order valence-electron chi connectivity index (χ0n) is 13.6. The molecule has 1 aliphatic heterocycles. The van der Waals surface area contributed by atoms with Crippen molar-refractivity contribution in [2.75, 3.05) is 0 Å². The molecule has 0 aliphatic carbocycles. The number of nitrogens with one attached hydrogen (secondary N) is 2. The first kappa shape index (κ1) is 16.4. The summed E-state index contributed by atoms with van der Waals surface area (Å²) in [4.78, 5) is 22.8. The van der Waals surface area contributed by atoms with E-state index in [1.807, 2.05) is 0 Å². The summed E-state index contributed by atoms with van der Waals surface area (Å²) >= 11 is 0. The number of hydrogen-bond acceptors (Lipinski definition) is 5. The van der Waals surface area contributed by atoms with Crippen molar-refractivity contribution in [2.24, 2.45) is 7.05 Å². The van der Waals surface area contributed by atoms with E-state index in [2.05, 4.69) is 43.4 Å². The molecule has 0 radical (unpaired) electrons. The van der Waals surface area contributed by atoms with Crippen LogP contribution in [0.1, 0.15) is 51.0 Å². The lowest BCUT2D eigenvalue weighted by Crippen LogP contribution is -2.62. The molecule has 0 bridgehead atoms. The molecule has 0 atom stereocenters. The fourth-order valence-electron chi connectivity index (χ4n) is 3.45. The molecule has 1 amide bonds. The van der Waals surface area contributed by atoms with E-state index in [0.29, 0.717) is 0 Å². The normalized spacial score (nSPS) is 20.6.